The number of halogens is 2. The molecule has 1 aliphatic carbocycles. The van der Waals surface area contributed by atoms with Crippen LogP contribution in [0.1, 0.15) is 23.2 Å². The molecular weight excluding hydrogens is 321 g/mol. The Morgan fingerprint density at radius 1 is 1.30 bits per heavy atom. The number of hydrogen-bond acceptors (Lipinski definition) is 3. The standard InChI is InChI=1S/C15H11BrFN3/c16-11-4-5-14(12(17)7-11)20-15-10(8-18)6-9-2-1-3-13(9)19-15/h4-7H,1-3H2,(H,19,20). The minimum atomic E-state index is -0.384. The first-order chi connectivity index (χ1) is 9.67. The number of fused-ring (bicyclic) bond motifs is 1. The van der Waals surface area contributed by atoms with Crippen LogP contribution < -0.4 is 5.32 Å². The third-order valence-corrected chi connectivity index (χ3v) is 3.85. The van der Waals surface area contributed by atoms with Crippen molar-refractivity contribution in [3.63, 3.8) is 0 Å². The summed E-state index contributed by atoms with van der Waals surface area (Å²) in [5, 5.41) is 12.1. The van der Waals surface area contributed by atoms with Gasteiger partial charge in [-0.1, -0.05) is 15.9 Å². The average Bonchev–Trinajstić information content (AvgIpc) is 2.88. The van der Waals surface area contributed by atoms with E-state index in [2.05, 4.69) is 32.3 Å². The molecule has 3 nitrogen and oxygen atoms in total. The van der Waals surface area contributed by atoms with Gasteiger partial charge in [0.05, 0.1) is 11.3 Å². The first-order valence-corrected chi connectivity index (χ1v) is 7.11. The van der Waals surface area contributed by atoms with Gasteiger partial charge in [-0.2, -0.15) is 5.26 Å². The summed E-state index contributed by atoms with van der Waals surface area (Å²) in [4.78, 5) is 4.47. The zero-order chi connectivity index (χ0) is 14.1. The molecule has 5 heteroatoms. The third kappa shape index (κ3) is 2.39. The molecule has 0 aliphatic heterocycles. The zero-order valence-electron chi connectivity index (χ0n) is 10.6. The molecule has 0 spiro atoms. The monoisotopic (exact) mass is 331 g/mol. The molecule has 100 valence electrons. The molecule has 1 aromatic carbocycles. The van der Waals surface area contributed by atoms with Crippen molar-refractivity contribution in [1.82, 2.24) is 4.98 Å². The maximum atomic E-state index is 13.8. The van der Waals surface area contributed by atoms with Crippen LogP contribution in [-0.4, -0.2) is 4.98 Å². The Bertz CT molecular complexity index is 722. The van der Waals surface area contributed by atoms with Gasteiger partial charge >= 0.3 is 0 Å². The normalized spacial score (nSPS) is 12.8. The molecular formula is C15H11BrFN3. The molecule has 0 fully saturated rings. The quantitative estimate of drug-likeness (QED) is 0.901. The van der Waals surface area contributed by atoms with Crippen LogP contribution in [0.4, 0.5) is 15.9 Å². The summed E-state index contributed by atoms with van der Waals surface area (Å²) in [6.07, 6.45) is 2.94. The van der Waals surface area contributed by atoms with Gasteiger partial charge in [0.1, 0.15) is 17.7 Å². The minimum absolute atomic E-state index is 0.315. The van der Waals surface area contributed by atoms with Crippen LogP contribution in [0.5, 0.6) is 0 Å². The molecule has 0 atom stereocenters. The Hall–Kier alpha value is -1.93. The van der Waals surface area contributed by atoms with Gasteiger partial charge in [0, 0.05) is 10.2 Å². The van der Waals surface area contributed by atoms with E-state index in [0.29, 0.717) is 21.5 Å². The number of pyridine rings is 1. The second-order valence-corrected chi connectivity index (χ2v) is 5.62. The average molecular weight is 332 g/mol. The summed E-state index contributed by atoms with van der Waals surface area (Å²) < 4.78 is 14.5. The lowest BCUT2D eigenvalue weighted by Gasteiger charge is -2.10. The van der Waals surface area contributed by atoms with E-state index < -0.39 is 0 Å². The highest BCUT2D eigenvalue weighted by atomic mass is 79.9. The minimum Gasteiger partial charge on any atom is -0.337 e. The summed E-state index contributed by atoms with van der Waals surface area (Å²) in [5.41, 5.74) is 2.90. The number of benzene rings is 1. The van der Waals surface area contributed by atoms with Gasteiger partial charge in [-0.3, -0.25) is 0 Å². The highest BCUT2D eigenvalue weighted by Gasteiger charge is 2.17. The molecule has 1 N–H and O–H groups in total. The van der Waals surface area contributed by atoms with Crippen LogP contribution >= 0.6 is 15.9 Å². The van der Waals surface area contributed by atoms with Crippen LogP contribution in [0.2, 0.25) is 0 Å². The van der Waals surface area contributed by atoms with Crippen molar-refractivity contribution in [1.29, 1.82) is 5.26 Å². The Labute approximate surface area is 124 Å². The molecule has 1 aliphatic rings. The summed E-state index contributed by atoms with van der Waals surface area (Å²) in [6, 6.07) is 8.71. The van der Waals surface area contributed by atoms with Gasteiger partial charge in [0.2, 0.25) is 0 Å². The Morgan fingerprint density at radius 3 is 2.90 bits per heavy atom. The van der Waals surface area contributed by atoms with E-state index in [1.807, 2.05) is 6.07 Å². The molecule has 0 saturated carbocycles. The van der Waals surface area contributed by atoms with Gasteiger partial charge < -0.3 is 5.32 Å². The molecule has 0 saturated heterocycles. The lowest BCUT2D eigenvalue weighted by atomic mass is 10.1. The molecule has 2 aromatic rings. The number of aromatic nitrogens is 1. The SMILES string of the molecule is N#Cc1cc2c(nc1Nc1ccc(Br)cc1F)CCC2. The first-order valence-electron chi connectivity index (χ1n) is 6.32. The fourth-order valence-corrected chi connectivity index (χ4v) is 2.70. The third-order valence-electron chi connectivity index (χ3n) is 3.36. The van der Waals surface area contributed by atoms with E-state index in [4.69, 9.17) is 0 Å². The van der Waals surface area contributed by atoms with Crippen molar-refractivity contribution >= 4 is 27.4 Å². The lowest BCUT2D eigenvalue weighted by molar-refractivity contribution is 0.631. The molecule has 20 heavy (non-hydrogen) atoms. The summed E-state index contributed by atoms with van der Waals surface area (Å²) >= 11 is 3.21. The molecule has 0 unspecified atom stereocenters. The van der Waals surface area contributed by atoms with E-state index in [1.165, 1.54) is 6.07 Å². The van der Waals surface area contributed by atoms with Crippen LogP contribution in [0.25, 0.3) is 0 Å². The highest BCUT2D eigenvalue weighted by molar-refractivity contribution is 9.10. The fraction of sp³-hybridized carbons (Fsp3) is 0.200. The topological polar surface area (TPSA) is 48.7 Å². The summed E-state index contributed by atoms with van der Waals surface area (Å²) in [7, 11) is 0. The Kier molecular flexibility index (Phi) is 3.41. The van der Waals surface area contributed by atoms with Gasteiger partial charge in [-0.05, 0) is 49.1 Å². The van der Waals surface area contributed by atoms with Crippen molar-refractivity contribution in [2.24, 2.45) is 0 Å². The number of nitrogens with one attached hydrogen (secondary N) is 1. The van der Waals surface area contributed by atoms with E-state index in [0.717, 1.165) is 30.5 Å². The second-order valence-electron chi connectivity index (χ2n) is 4.70. The predicted octanol–water partition coefficient (Wildman–Crippen LogP) is 4.09. The number of aryl methyl sites for hydroxylation is 2. The van der Waals surface area contributed by atoms with Crippen LogP contribution in [0.3, 0.4) is 0 Å². The Morgan fingerprint density at radius 2 is 2.15 bits per heavy atom. The van der Waals surface area contributed by atoms with Crippen molar-refractivity contribution in [3.8, 4) is 6.07 Å². The van der Waals surface area contributed by atoms with Crippen LogP contribution in [0.15, 0.2) is 28.7 Å². The molecule has 0 radical (unpaired) electrons. The Balaban J connectivity index is 2.00. The van der Waals surface area contributed by atoms with E-state index >= 15 is 0 Å². The number of rotatable bonds is 2. The van der Waals surface area contributed by atoms with Gasteiger partial charge in [0.25, 0.3) is 0 Å². The predicted molar refractivity (Wildman–Crippen MR) is 78.4 cm³/mol. The number of hydrogen-bond donors (Lipinski definition) is 1. The molecule has 0 amide bonds. The van der Waals surface area contributed by atoms with Crippen molar-refractivity contribution in [2.45, 2.75) is 19.3 Å². The van der Waals surface area contributed by atoms with Crippen LogP contribution in [-0.2, 0) is 12.8 Å². The van der Waals surface area contributed by atoms with Crippen molar-refractivity contribution in [3.05, 3.63) is 51.4 Å². The smallest absolute Gasteiger partial charge is 0.148 e. The second kappa shape index (κ2) is 5.22. The van der Waals surface area contributed by atoms with Gasteiger partial charge in [-0.25, -0.2) is 9.37 Å². The zero-order valence-corrected chi connectivity index (χ0v) is 12.2. The van der Waals surface area contributed by atoms with Crippen molar-refractivity contribution < 1.29 is 4.39 Å². The maximum absolute atomic E-state index is 13.8. The largest absolute Gasteiger partial charge is 0.337 e. The molecule has 1 heterocycles. The first kappa shape index (κ1) is 13.1. The number of nitrogens with zero attached hydrogens (tertiary/aromatic N) is 2. The summed E-state index contributed by atoms with van der Waals surface area (Å²) in [5.74, 6) is 0.0416. The number of nitriles is 1. The van der Waals surface area contributed by atoms with Crippen molar-refractivity contribution in [2.75, 3.05) is 5.32 Å². The number of anilines is 2. The van der Waals surface area contributed by atoms with E-state index in [-0.39, 0.29) is 5.82 Å². The van der Waals surface area contributed by atoms with E-state index in [9.17, 15) is 9.65 Å². The van der Waals surface area contributed by atoms with Crippen LogP contribution in [0, 0.1) is 17.1 Å². The van der Waals surface area contributed by atoms with Gasteiger partial charge in [-0.15, -0.1) is 0 Å². The van der Waals surface area contributed by atoms with Gasteiger partial charge in [0.15, 0.2) is 0 Å². The lowest BCUT2D eigenvalue weighted by Crippen LogP contribution is -2.02. The summed E-state index contributed by atoms with van der Waals surface area (Å²) in [6.45, 7) is 0. The van der Waals surface area contributed by atoms with E-state index in [1.54, 1.807) is 12.1 Å². The molecule has 1 aromatic heterocycles. The molecule has 3 rings (SSSR count). The fourth-order valence-electron chi connectivity index (χ4n) is 2.37. The maximum Gasteiger partial charge on any atom is 0.148 e. The molecule has 0 bridgehead atoms. The highest BCUT2D eigenvalue weighted by Crippen LogP contribution is 2.28.